The van der Waals surface area contributed by atoms with Gasteiger partial charge in [0.05, 0.1) is 6.26 Å². The molecule has 0 bridgehead atoms. The van der Waals surface area contributed by atoms with Crippen LogP contribution in [-0.4, -0.2) is 28.0 Å². The number of thiazole rings is 1. The second-order valence-electron chi connectivity index (χ2n) is 5.08. The summed E-state index contributed by atoms with van der Waals surface area (Å²) in [7, 11) is 0. The lowest BCUT2D eigenvalue weighted by atomic mass is 9.99. The van der Waals surface area contributed by atoms with Crippen molar-refractivity contribution in [1.29, 1.82) is 0 Å². The first kappa shape index (κ1) is 16.2. The first-order valence-corrected chi connectivity index (χ1v) is 7.80. The van der Waals surface area contributed by atoms with Crippen molar-refractivity contribution in [2.45, 2.75) is 33.2 Å². The number of carboxylic acids is 1. The minimum absolute atomic E-state index is 0.162. The van der Waals surface area contributed by atoms with Gasteiger partial charge in [0.15, 0.2) is 10.8 Å². The van der Waals surface area contributed by atoms with Crippen molar-refractivity contribution < 1.29 is 19.1 Å². The molecule has 118 valence electrons. The zero-order valence-electron chi connectivity index (χ0n) is 12.6. The van der Waals surface area contributed by atoms with Gasteiger partial charge in [-0.05, 0) is 25.0 Å². The van der Waals surface area contributed by atoms with E-state index in [9.17, 15) is 14.7 Å². The summed E-state index contributed by atoms with van der Waals surface area (Å²) in [6, 6.07) is 2.58. The summed E-state index contributed by atoms with van der Waals surface area (Å²) in [6.45, 7) is 5.45. The van der Waals surface area contributed by atoms with Gasteiger partial charge in [-0.1, -0.05) is 20.3 Å². The number of rotatable bonds is 6. The maximum absolute atomic E-state index is 12.3. The molecule has 0 saturated carbocycles. The van der Waals surface area contributed by atoms with Gasteiger partial charge in [0.25, 0.3) is 5.91 Å². The van der Waals surface area contributed by atoms with Crippen molar-refractivity contribution in [2.24, 2.45) is 5.92 Å². The number of nitrogens with zero attached hydrogens (tertiary/aromatic N) is 1. The standard InChI is InChI=1S/C15H18N2O4S/c1-4-8(2)11(15(19)20)16-13(18)12-9(3)22-14(17-12)10-6-5-7-21-10/h5-8,11H,4H2,1-3H3,(H,16,18)(H,19,20)/t8-,11-/m0/s1. The van der Waals surface area contributed by atoms with E-state index in [2.05, 4.69) is 10.3 Å². The zero-order valence-corrected chi connectivity index (χ0v) is 13.4. The lowest BCUT2D eigenvalue weighted by Gasteiger charge is -2.19. The fourth-order valence-corrected chi connectivity index (χ4v) is 2.88. The molecular weight excluding hydrogens is 304 g/mol. The van der Waals surface area contributed by atoms with Crippen molar-refractivity contribution >= 4 is 23.2 Å². The van der Waals surface area contributed by atoms with E-state index in [-0.39, 0.29) is 11.6 Å². The predicted octanol–water partition coefficient (Wildman–Crippen LogP) is 2.94. The highest BCUT2D eigenvalue weighted by molar-refractivity contribution is 7.15. The van der Waals surface area contributed by atoms with E-state index in [0.717, 1.165) is 4.88 Å². The van der Waals surface area contributed by atoms with Crippen molar-refractivity contribution in [1.82, 2.24) is 10.3 Å². The number of aryl methyl sites for hydroxylation is 1. The number of carbonyl (C=O) groups is 2. The van der Waals surface area contributed by atoms with Gasteiger partial charge >= 0.3 is 5.97 Å². The van der Waals surface area contributed by atoms with Crippen molar-refractivity contribution in [3.05, 3.63) is 29.0 Å². The topological polar surface area (TPSA) is 92.4 Å². The van der Waals surface area contributed by atoms with Crippen LogP contribution in [0.4, 0.5) is 0 Å². The Morgan fingerprint density at radius 2 is 2.23 bits per heavy atom. The zero-order chi connectivity index (χ0) is 16.3. The van der Waals surface area contributed by atoms with Gasteiger partial charge in [-0.2, -0.15) is 0 Å². The summed E-state index contributed by atoms with van der Waals surface area (Å²) in [4.78, 5) is 28.6. The summed E-state index contributed by atoms with van der Waals surface area (Å²) < 4.78 is 5.26. The van der Waals surface area contributed by atoms with Gasteiger partial charge in [-0.15, -0.1) is 11.3 Å². The molecule has 2 heterocycles. The van der Waals surface area contributed by atoms with E-state index in [0.29, 0.717) is 17.2 Å². The number of amides is 1. The number of hydrogen-bond donors (Lipinski definition) is 2. The Morgan fingerprint density at radius 1 is 1.50 bits per heavy atom. The molecular formula is C15H18N2O4S. The maximum atomic E-state index is 12.3. The summed E-state index contributed by atoms with van der Waals surface area (Å²) in [6.07, 6.45) is 2.19. The molecule has 2 aromatic heterocycles. The normalized spacial score (nSPS) is 13.6. The van der Waals surface area contributed by atoms with Gasteiger partial charge in [-0.3, -0.25) is 4.79 Å². The van der Waals surface area contributed by atoms with Gasteiger partial charge in [0.2, 0.25) is 0 Å². The van der Waals surface area contributed by atoms with Crippen LogP contribution in [-0.2, 0) is 4.79 Å². The van der Waals surface area contributed by atoms with Crippen LogP contribution in [0.1, 0.15) is 35.6 Å². The average Bonchev–Trinajstić information content (AvgIpc) is 3.12. The molecule has 0 radical (unpaired) electrons. The number of carbonyl (C=O) groups excluding carboxylic acids is 1. The molecule has 0 saturated heterocycles. The third kappa shape index (κ3) is 3.36. The first-order chi connectivity index (χ1) is 10.4. The number of nitrogens with one attached hydrogen (secondary N) is 1. The highest BCUT2D eigenvalue weighted by Gasteiger charge is 2.27. The van der Waals surface area contributed by atoms with Crippen LogP contribution in [0.25, 0.3) is 10.8 Å². The number of aromatic nitrogens is 1. The monoisotopic (exact) mass is 322 g/mol. The lowest BCUT2D eigenvalue weighted by Crippen LogP contribution is -2.45. The molecule has 2 atom stereocenters. The highest BCUT2D eigenvalue weighted by Crippen LogP contribution is 2.28. The van der Waals surface area contributed by atoms with Crippen molar-refractivity contribution in [3.8, 4) is 10.8 Å². The third-order valence-corrected chi connectivity index (χ3v) is 4.49. The van der Waals surface area contributed by atoms with Gasteiger partial charge < -0.3 is 14.8 Å². The van der Waals surface area contributed by atoms with Crippen molar-refractivity contribution in [2.75, 3.05) is 0 Å². The molecule has 0 unspecified atom stereocenters. The Morgan fingerprint density at radius 3 is 2.77 bits per heavy atom. The fraction of sp³-hybridized carbons (Fsp3) is 0.400. The van der Waals surface area contributed by atoms with Crippen molar-refractivity contribution in [3.63, 3.8) is 0 Å². The smallest absolute Gasteiger partial charge is 0.326 e. The van der Waals surface area contributed by atoms with E-state index < -0.39 is 17.9 Å². The molecule has 0 aliphatic heterocycles. The number of aliphatic carboxylic acids is 1. The molecule has 0 spiro atoms. The van der Waals surface area contributed by atoms with E-state index in [1.165, 1.54) is 17.6 Å². The molecule has 7 heteroatoms. The van der Waals surface area contributed by atoms with Crippen LogP contribution < -0.4 is 5.32 Å². The largest absolute Gasteiger partial charge is 0.480 e. The summed E-state index contributed by atoms with van der Waals surface area (Å²) >= 11 is 1.34. The van der Waals surface area contributed by atoms with Crippen LogP contribution in [0.5, 0.6) is 0 Å². The lowest BCUT2D eigenvalue weighted by molar-refractivity contribution is -0.140. The molecule has 1 amide bonds. The van der Waals surface area contributed by atoms with Crippen LogP contribution in [0.15, 0.2) is 22.8 Å². The highest BCUT2D eigenvalue weighted by atomic mass is 32.1. The Labute approximate surface area is 132 Å². The minimum atomic E-state index is -1.04. The van der Waals surface area contributed by atoms with E-state index in [4.69, 9.17) is 4.42 Å². The Hall–Kier alpha value is -2.15. The Kier molecular flexibility index (Phi) is 4.97. The van der Waals surface area contributed by atoms with Crippen LogP contribution in [0.2, 0.25) is 0 Å². The van der Waals surface area contributed by atoms with Crippen LogP contribution in [0, 0.1) is 12.8 Å². The molecule has 0 aliphatic rings. The van der Waals surface area contributed by atoms with E-state index in [1.54, 1.807) is 26.0 Å². The second-order valence-corrected chi connectivity index (χ2v) is 6.28. The number of hydrogen-bond acceptors (Lipinski definition) is 5. The molecule has 2 N–H and O–H groups in total. The third-order valence-electron chi connectivity index (χ3n) is 3.51. The molecule has 0 aliphatic carbocycles. The summed E-state index contributed by atoms with van der Waals surface area (Å²) in [5, 5.41) is 12.4. The van der Waals surface area contributed by atoms with E-state index >= 15 is 0 Å². The quantitative estimate of drug-likeness (QED) is 0.853. The fourth-order valence-electron chi connectivity index (χ4n) is 2.01. The average molecular weight is 322 g/mol. The van der Waals surface area contributed by atoms with E-state index in [1.807, 2.05) is 6.92 Å². The molecule has 22 heavy (non-hydrogen) atoms. The minimum Gasteiger partial charge on any atom is -0.480 e. The van der Waals surface area contributed by atoms with Crippen LogP contribution in [0.3, 0.4) is 0 Å². The molecule has 6 nitrogen and oxygen atoms in total. The molecule has 0 aromatic carbocycles. The summed E-state index contributed by atoms with van der Waals surface area (Å²) in [5.41, 5.74) is 0.242. The first-order valence-electron chi connectivity index (χ1n) is 6.99. The van der Waals surface area contributed by atoms with Gasteiger partial charge in [0.1, 0.15) is 11.7 Å². The number of furan rings is 1. The predicted molar refractivity (Wildman–Crippen MR) is 82.9 cm³/mol. The number of carboxylic acid groups (broad SMARTS) is 1. The summed E-state index contributed by atoms with van der Waals surface area (Å²) in [5.74, 6) is -1.09. The van der Waals surface area contributed by atoms with Gasteiger partial charge in [-0.25, -0.2) is 9.78 Å². The Balaban J connectivity index is 2.21. The van der Waals surface area contributed by atoms with Gasteiger partial charge in [0, 0.05) is 4.88 Å². The Bertz CT molecular complexity index is 663. The second kappa shape index (κ2) is 6.74. The molecule has 2 rings (SSSR count). The van der Waals surface area contributed by atoms with Crippen LogP contribution >= 0.6 is 11.3 Å². The molecule has 0 fully saturated rings. The SMILES string of the molecule is CC[C@H](C)[C@H](NC(=O)c1nc(-c2ccco2)sc1C)C(=O)O. The maximum Gasteiger partial charge on any atom is 0.326 e. The molecule has 2 aromatic rings.